The van der Waals surface area contributed by atoms with E-state index in [1.807, 2.05) is 11.1 Å². The van der Waals surface area contributed by atoms with Crippen LogP contribution >= 0.6 is 0 Å². The van der Waals surface area contributed by atoms with E-state index in [0.717, 1.165) is 24.7 Å². The maximum absolute atomic E-state index is 11.5. The van der Waals surface area contributed by atoms with Gasteiger partial charge in [0.25, 0.3) is 0 Å². The lowest BCUT2D eigenvalue weighted by Gasteiger charge is -2.59. The third-order valence-electron chi connectivity index (χ3n) is 11.0. The van der Waals surface area contributed by atoms with Crippen molar-refractivity contribution in [3.63, 3.8) is 0 Å². The van der Waals surface area contributed by atoms with Gasteiger partial charge in [0.2, 0.25) is 0 Å². The third kappa shape index (κ3) is 3.82. The first-order chi connectivity index (χ1) is 15.0. The SMILES string of the molecule is CC(=O)OC1CCC2(C)C3=C(CCC2C1)C1(C)CCC(C(C)CCC=C(C)C)C1(C)CC3. The van der Waals surface area contributed by atoms with Crippen LogP contribution in [-0.2, 0) is 9.53 Å². The first-order valence-corrected chi connectivity index (χ1v) is 13.5. The number of esters is 1. The normalized spacial score (nSPS) is 41.9. The molecule has 0 heterocycles. The van der Waals surface area contributed by atoms with Crippen molar-refractivity contribution < 1.29 is 9.53 Å². The van der Waals surface area contributed by atoms with Gasteiger partial charge < -0.3 is 4.74 Å². The summed E-state index contributed by atoms with van der Waals surface area (Å²) < 4.78 is 5.65. The number of carbonyl (C=O) groups excluding carboxylic acids is 1. The van der Waals surface area contributed by atoms with Crippen molar-refractivity contribution >= 4 is 5.97 Å². The quantitative estimate of drug-likeness (QED) is 0.317. The Bertz CT molecular complexity index is 802. The smallest absolute Gasteiger partial charge is 0.302 e. The summed E-state index contributed by atoms with van der Waals surface area (Å²) in [5.41, 5.74) is 6.34. The molecule has 0 aromatic rings. The second-order valence-corrected chi connectivity index (χ2v) is 12.8. The molecule has 4 aliphatic carbocycles. The Morgan fingerprint density at radius 1 is 1.03 bits per heavy atom. The Kier molecular flexibility index (Phi) is 6.49. The number of allylic oxidation sites excluding steroid dienone is 4. The molecule has 0 saturated heterocycles. The zero-order chi connectivity index (χ0) is 23.3. The fraction of sp³-hybridized carbons (Fsp3) is 0.833. The Morgan fingerprint density at radius 3 is 2.47 bits per heavy atom. The Hall–Kier alpha value is -1.05. The average Bonchev–Trinajstić information content (AvgIpc) is 2.99. The van der Waals surface area contributed by atoms with Gasteiger partial charge >= 0.3 is 5.97 Å². The fourth-order valence-corrected chi connectivity index (χ4v) is 8.94. The van der Waals surface area contributed by atoms with Gasteiger partial charge in [-0.15, -0.1) is 0 Å². The van der Waals surface area contributed by atoms with Gasteiger partial charge in [0.1, 0.15) is 6.10 Å². The van der Waals surface area contributed by atoms with Crippen molar-refractivity contribution in [1.82, 2.24) is 0 Å². The first kappa shape index (κ1) is 24.1. The zero-order valence-electron chi connectivity index (χ0n) is 22.0. The van der Waals surface area contributed by atoms with E-state index in [1.54, 1.807) is 6.92 Å². The minimum Gasteiger partial charge on any atom is -0.463 e. The van der Waals surface area contributed by atoms with Crippen LogP contribution in [0.15, 0.2) is 22.8 Å². The van der Waals surface area contributed by atoms with Crippen molar-refractivity contribution in [2.75, 3.05) is 0 Å². The first-order valence-electron chi connectivity index (χ1n) is 13.5. The molecule has 2 heteroatoms. The molecule has 2 saturated carbocycles. The highest BCUT2D eigenvalue weighted by Gasteiger charge is 2.61. The lowest BCUT2D eigenvalue weighted by molar-refractivity contribution is -0.150. The molecule has 0 amide bonds. The molecule has 0 radical (unpaired) electrons. The number of carbonyl (C=O) groups is 1. The maximum atomic E-state index is 11.5. The highest BCUT2D eigenvalue weighted by molar-refractivity contribution is 5.66. The molecule has 7 atom stereocenters. The van der Waals surface area contributed by atoms with Crippen LogP contribution in [0, 0.1) is 34.0 Å². The van der Waals surface area contributed by atoms with Gasteiger partial charge in [-0.2, -0.15) is 0 Å². The topological polar surface area (TPSA) is 26.3 Å². The summed E-state index contributed by atoms with van der Waals surface area (Å²) >= 11 is 0. The lowest BCUT2D eigenvalue weighted by Crippen LogP contribution is -2.49. The van der Waals surface area contributed by atoms with Crippen LogP contribution in [0.3, 0.4) is 0 Å². The second kappa shape index (κ2) is 8.62. The molecule has 32 heavy (non-hydrogen) atoms. The Morgan fingerprint density at radius 2 is 1.78 bits per heavy atom. The molecule has 7 unspecified atom stereocenters. The molecule has 180 valence electrons. The van der Waals surface area contributed by atoms with Crippen LogP contribution in [-0.4, -0.2) is 12.1 Å². The van der Waals surface area contributed by atoms with E-state index in [9.17, 15) is 4.79 Å². The Balaban J connectivity index is 1.57. The van der Waals surface area contributed by atoms with Crippen LogP contribution in [0.25, 0.3) is 0 Å². The van der Waals surface area contributed by atoms with E-state index in [0.29, 0.717) is 22.2 Å². The van der Waals surface area contributed by atoms with Crippen molar-refractivity contribution in [3.8, 4) is 0 Å². The number of ether oxygens (including phenoxy) is 1. The second-order valence-electron chi connectivity index (χ2n) is 12.8. The number of rotatable bonds is 5. The largest absolute Gasteiger partial charge is 0.463 e. The Labute approximate surface area is 197 Å². The fourth-order valence-electron chi connectivity index (χ4n) is 8.94. The van der Waals surface area contributed by atoms with Gasteiger partial charge in [0.05, 0.1) is 0 Å². The van der Waals surface area contributed by atoms with Gasteiger partial charge in [0.15, 0.2) is 0 Å². The van der Waals surface area contributed by atoms with Crippen LogP contribution in [0.2, 0.25) is 0 Å². The maximum Gasteiger partial charge on any atom is 0.302 e. The lowest BCUT2D eigenvalue weighted by atomic mass is 9.46. The summed E-state index contributed by atoms with van der Waals surface area (Å²) in [5.74, 6) is 2.25. The standard InChI is InChI=1S/C30H48O2/c1-20(2)9-8-10-21(3)25-14-17-30(7)27-12-11-23-19-24(32-22(4)31)13-16-28(23,5)26(27)15-18-29(25,30)6/h9,21,23-25H,8,10-19H2,1-7H3. The van der Waals surface area contributed by atoms with E-state index in [4.69, 9.17) is 4.74 Å². The average molecular weight is 441 g/mol. The van der Waals surface area contributed by atoms with E-state index in [-0.39, 0.29) is 12.1 Å². The monoisotopic (exact) mass is 440 g/mol. The predicted octanol–water partition coefficient (Wildman–Crippen LogP) is 8.41. The van der Waals surface area contributed by atoms with Crippen molar-refractivity contribution in [2.45, 2.75) is 125 Å². The third-order valence-corrected chi connectivity index (χ3v) is 11.0. The van der Waals surface area contributed by atoms with Crippen molar-refractivity contribution in [2.24, 2.45) is 34.0 Å². The van der Waals surface area contributed by atoms with Gasteiger partial charge in [-0.1, -0.05) is 50.5 Å². The molecular formula is C30H48O2. The van der Waals surface area contributed by atoms with E-state index in [1.165, 1.54) is 63.4 Å². The van der Waals surface area contributed by atoms with Gasteiger partial charge in [-0.25, -0.2) is 0 Å². The number of hydrogen-bond acceptors (Lipinski definition) is 2. The molecule has 0 bridgehead atoms. The highest BCUT2D eigenvalue weighted by Crippen LogP contribution is 2.71. The molecule has 0 aromatic carbocycles. The minimum absolute atomic E-state index is 0.106. The molecule has 0 spiro atoms. The molecule has 4 aliphatic rings. The molecule has 2 nitrogen and oxygen atoms in total. The van der Waals surface area contributed by atoms with Gasteiger partial charge in [-0.3, -0.25) is 4.79 Å². The predicted molar refractivity (Wildman–Crippen MR) is 133 cm³/mol. The summed E-state index contributed by atoms with van der Waals surface area (Å²) in [6.45, 7) is 16.4. The summed E-state index contributed by atoms with van der Waals surface area (Å²) in [7, 11) is 0. The molecule has 0 N–H and O–H groups in total. The van der Waals surface area contributed by atoms with Crippen LogP contribution in [0.5, 0.6) is 0 Å². The van der Waals surface area contributed by atoms with E-state index in [2.05, 4.69) is 47.6 Å². The number of fused-ring (bicyclic) bond motifs is 4. The summed E-state index contributed by atoms with van der Waals surface area (Å²) in [5, 5.41) is 0. The zero-order valence-corrected chi connectivity index (χ0v) is 22.0. The molecule has 4 rings (SSSR count). The van der Waals surface area contributed by atoms with E-state index >= 15 is 0 Å². The molecule has 0 aliphatic heterocycles. The highest BCUT2D eigenvalue weighted by atomic mass is 16.5. The van der Waals surface area contributed by atoms with Crippen molar-refractivity contribution in [3.05, 3.63) is 22.8 Å². The van der Waals surface area contributed by atoms with Gasteiger partial charge in [-0.05, 0) is 118 Å². The summed E-state index contributed by atoms with van der Waals surface area (Å²) in [6, 6.07) is 0. The van der Waals surface area contributed by atoms with Gasteiger partial charge in [0, 0.05) is 6.92 Å². The minimum atomic E-state index is -0.106. The number of hydrogen-bond donors (Lipinski definition) is 0. The molecule has 2 fully saturated rings. The van der Waals surface area contributed by atoms with Crippen LogP contribution in [0.1, 0.15) is 119 Å². The van der Waals surface area contributed by atoms with Crippen LogP contribution in [0.4, 0.5) is 0 Å². The van der Waals surface area contributed by atoms with Crippen LogP contribution < -0.4 is 0 Å². The van der Waals surface area contributed by atoms with Crippen molar-refractivity contribution in [1.29, 1.82) is 0 Å². The summed E-state index contributed by atoms with van der Waals surface area (Å²) in [6.07, 6.45) is 16.5. The van der Waals surface area contributed by atoms with E-state index < -0.39 is 0 Å². The summed E-state index contributed by atoms with van der Waals surface area (Å²) in [4.78, 5) is 11.5. The molecular weight excluding hydrogens is 392 g/mol. The molecule has 0 aromatic heterocycles.